The summed E-state index contributed by atoms with van der Waals surface area (Å²) in [5.74, 6) is 1.13. The third-order valence-corrected chi connectivity index (χ3v) is 2.88. The molecule has 0 atom stereocenters. The highest BCUT2D eigenvalue weighted by molar-refractivity contribution is 5.88. The molecule has 0 saturated carbocycles. The minimum absolute atomic E-state index is 0.160. The Hall–Kier alpha value is -0.330. The summed E-state index contributed by atoms with van der Waals surface area (Å²) in [5, 5.41) is 0. The Morgan fingerprint density at radius 2 is 1.53 bits per heavy atom. The van der Waals surface area contributed by atoms with Gasteiger partial charge in [-0.15, -0.1) is 0 Å². The van der Waals surface area contributed by atoms with Crippen LogP contribution in [0.1, 0.15) is 67.7 Å². The van der Waals surface area contributed by atoms with Gasteiger partial charge in [0.2, 0.25) is 0 Å². The Morgan fingerprint density at radius 1 is 1.07 bits per heavy atom. The van der Waals surface area contributed by atoms with E-state index in [0.29, 0.717) is 5.78 Å². The minimum atomic E-state index is -0.207. The first-order valence-electron chi connectivity index (χ1n) is 6.12. The van der Waals surface area contributed by atoms with E-state index in [1.165, 1.54) is 6.42 Å². The fourth-order valence-corrected chi connectivity index (χ4v) is 2.08. The first-order valence-corrected chi connectivity index (χ1v) is 6.12. The quantitative estimate of drug-likeness (QED) is 0.658. The molecule has 0 aromatic carbocycles. The zero-order chi connectivity index (χ0) is 12.3. The molecule has 90 valence electrons. The van der Waals surface area contributed by atoms with Crippen LogP contribution in [-0.2, 0) is 4.79 Å². The van der Waals surface area contributed by atoms with Crippen molar-refractivity contribution in [2.75, 3.05) is 0 Å². The van der Waals surface area contributed by atoms with Crippen molar-refractivity contribution >= 4 is 5.78 Å². The molecular weight excluding hydrogens is 184 g/mol. The summed E-state index contributed by atoms with van der Waals surface area (Å²) < 4.78 is 0. The van der Waals surface area contributed by atoms with Gasteiger partial charge in [0.25, 0.3) is 0 Å². The molecule has 0 bridgehead atoms. The van der Waals surface area contributed by atoms with E-state index in [-0.39, 0.29) is 10.8 Å². The zero-order valence-corrected chi connectivity index (χ0v) is 11.6. The summed E-state index contributed by atoms with van der Waals surface area (Å²) in [6.45, 7) is 14.7. The molecule has 0 aliphatic carbocycles. The molecule has 0 amide bonds. The molecule has 1 heteroatoms. The van der Waals surface area contributed by atoms with Gasteiger partial charge in [0, 0.05) is 10.8 Å². The first-order chi connectivity index (χ1) is 6.57. The van der Waals surface area contributed by atoms with Crippen molar-refractivity contribution < 1.29 is 4.79 Å². The molecule has 0 unspecified atom stereocenters. The van der Waals surface area contributed by atoms with Crippen LogP contribution >= 0.6 is 0 Å². The van der Waals surface area contributed by atoms with E-state index in [1.807, 2.05) is 20.8 Å². The van der Waals surface area contributed by atoms with E-state index in [4.69, 9.17) is 0 Å². The van der Waals surface area contributed by atoms with Crippen LogP contribution in [0.5, 0.6) is 0 Å². The van der Waals surface area contributed by atoms with Crippen LogP contribution in [0.2, 0.25) is 0 Å². The van der Waals surface area contributed by atoms with Crippen molar-refractivity contribution in [2.24, 2.45) is 16.7 Å². The normalized spacial score (nSPS) is 13.3. The zero-order valence-electron chi connectivity index (χ0n) is 11.6. The van der Waals surface area contributed by atoms with Crippen LogP contribution in [0.4, 0.5) is 0 Å². The van der Waals surface area contributed by atoms with Crippen molar-refractivity contribution in [3.8, 4) is 0 Å². The summed E-state index contributed by atoms with van der Waals surface area (Å²) >= 11 is 0. The second-order valence-electron chi connectivity index (χ2n) is 6.75. The molecular formula is C14H28O. The SMILES string of the molecule is CC(C)CCCC(C)(C)C(=O)C(C)(C)C. The summed E-state index contributed by atoms with van der Waals surface area (Å²) in [7, 11) is 0. The number of carbonyl (C=O) groups excluding carboxylic acids is 1. The molecule has 15 heavy (non-hydrogen) atoms. The smallest absolute Gasteiger partial charge is 0.143 e. The Morgan fingerprint density at radius 3 is 1.87 bits per heavy atom. The molecule has 0 aliphatic rings. The van der Waals surface area contributed by atoms with E-state index in [0.717, 1.165) is 18.8 Å². The van der Waals surface area contributed by atoms with Gasteiger partial charge >= 0.3 is 0 Å². The Balaban J connectivity index is 4.24. The molecule has 0 rings (SSSR count). The van der Waals surface area contributed by atoms with Gasteiger partial charge in [-0.1, -0.05) is 61.3 Å². The lowest BCUT2D eigenvalue weighted by atomic mass is 9.72. The number of Topliss-reactive ketones (excluding diaryl/α,β-unsaturated/α-hetero) is 1. The van der Waals surface area contributed by atoms with Crippen LogP contribution in [0.15, 0.2) is 0 Å². The lowest BCUT2D eigenvalue weighted by molar-refractivity contribution is -0.135. The second kappa shape index (κ2) is 5.14. The van der Waals surface area contributed by atoms with Gasteiger partial charge in [0.05, 0.1) is 0 Å². The summed E-state index contributed by atoms with van der Waals surface area (Å²) in [4.78, 5) is 12.2. The van der Waals surface area contributed by atoms with E-state index in [9.17, 15) is 4.79 Å². The number of hydrogen-bond donors (Lipinski definition) is 0. The molecule has 0 aromatic rings. The Kier molecular flexibility index (Phi) is 5.02. The van der Waals surface area contributed by atoms with Gasteiger partial charge in [0.1, 0.15) is 5.78 Å². The van der Waals surface area contributed by atoms with Crippen molar-refractivity contribution in [3.63, 3.8) is 0 Å². The summed E-state index contributed by atoms with van der Waals surface area (Å²) in [6, 6.07) is 0. The lowest BCUT2D eigenvalue weighted by Crippen LogP contribution is -2.34. The van der Waals surface area contributed by atoms with Crippen molar-refractivity contribution in [1.82, 2.24) is 0 Å². The van der Waals surface area contributed by atoms with Gasteiger partial charge < -0.3 is 0 Å². The van der Waals surface area contributed by atoms with Crippen molar-refractivity contribution in [1.29, 1.82) is 0 Å². The standard InChI is InChI=1S/C14H28O/c1-11(2)9-8-10-14(6,7)12(15)13(3,4)5/h11H,8-10H2,1-7H3. The predicted octanol–water partition coefficient (Wildman–Crippen LogP) is 4.45. The number of rotatable bonds is 5. The Labute approximate surface area is 95.6 Å². The van der Waals surface area contributed by atoms with Crippen LogP contribution < -0.4 is 0 Å². The van der Waals surface area contributed by atoms with Gasteiger partial charge in [-0.25, -0.2) is 0 Å². The maximum Gasteiger partial charge on any atom is 0.143 e. The van der Waals surface area contributed by atoms with Crippen LogP contribution in [0.25, 0.3) is 0 Å². The third-order valence-electron chi connectivity index (χ3n) is 2.88. The van der Waals surface area contributed by atoms with E-state index in [1.54, 1.807) is 0 Å². The largest absolute Gasteiger partial charge is 0.299 e. The molecule has 0 fully saturated rings. The summed E-state index contributed by atoms with van der Waals surface area (Å²) in [5.41, 5.74) is -0.367. The average molecular weight is 212 g/mol. The summed E-state index contributed by atoms with van der Waals surface area (Å²) in [6.07, 6.45) is 3.40. The maximum atomic E-state index is 12.2. The van der Waals surface area contributed by atoms with E-state index < -0.39 is 0 Å². The molecule has 0 N–H and O–H groups in total. The van der Waals surface area contributed by atoms with Gasteiger partial charge in [-0.2, -0.15) is 0 Å². The van der Waals surface area contributed by atoms with Gasteiger partial charge in [-0.05, 0) is 12.3 Å². The number of carbonyl (C=O) groups is 1. The third kappa shape index (κ3) is 5.34. The molecule has 1 nitrogen and oxygen atoms in total. The number of ketones is 1. The molecule has 0 aliphatic heterocycles. The van der Waals surface area contributed by atoms with E-state index >= 15 is 0 Å². The highest BCUT2D eigenvalue weighted by Gasteiger charge is 2.35. The average Bonchev–Trinajstić information content (AvgIpc) is 2.00. The second-order valence-corrected chi connectivity index (χ2v) is 6.75. The molecule has 0 spiro atoms. The monoisotopic (exact) mass is 212 g/mol. The lowest BCUT2D eigenvalue weighted by Gasteiger charge is -2.31. The van der Waals surface area contributed by atoms with Crippen LogP contribution in [-0.4, -0.2) is 5.78 Å². The van der Waals surface area contributed by atoms with Gasteiger partial charge in [-0.3, -0.25) is 4.79 Å². The fourth-order valence-electron chi connectivity index (χ4n) is 2.08. The number of hydrogen-bond acceptors (Lipinski definition) is 1. The van der Waals surface area contributed by atoms with E-state index in [2.05, 4.69) is 27.7 Å². The highest BCUT2D eigenvalue weighted by Crippen LogP contribution is 2.33. The first kappa shape index (κ1) is 14.7. The molecule has 0 radical (unpaired) electrons. The highest BCUT2D eigenvalue weighted by atomic mass is 16.1. The predicted molar refractivity (Wildman–Crippen MR) is 66.9 cm³/mol. The molecule has 0 heterocycles. The maximum absolute atomic E-state index is 12.2. The van der Waals surface area contributed by atoms with Crippen molar-refractivity contribution in [3.05, 3.63) is 0 Å². The fraction of sp³-hybridized carbons (Fsp3) is 0.929. The van der Waals surface area contributed by atoms with Crippen molar-refractivity contribution in [2.45, 2.75) is 67.7 Å². The minimum Gasteiger partial charge on any atom is -0.299 e. The topological polar surface area (TPSA) is 17.1 Å². The van der Waals surface area contributed by atoms with Crippen LogP contribution in [0, 0.1) is 16.7 Å². The van der Waals surface area contributed by atoms with Gasteiger partial charge in [0.15, 0.2) is 0 Å². The molecule has 0 saturated heterocycles. The Bertz CT molecular complexity index is 206. The molecule has 0 aromatic heterocycles. The van der Waals surface area contributed by atoms with Crippen LogP contribution in [0.3, 0.4) is 0 Å².